The van der Waals surface area contributed by atoms with Crippen LogP contribution in [-0.2, 0) is 4.79 Å². The van der Waals surface area contributed by atoms with Gasteiger partial charge in [-0.2, -0.15) is 5.10 Å². The van der Waals surface area contributed by atoms with E-state index in [2.05, 4.69) is 32.5 Å². The Hall–Kier alpha value is -0.400. The van der Waals surface area contributed by atoms with E-state index >= 15 is 0 Å². The number of anilines is 1. The zero-order valence-electron chi connectivity index (χ0n) is 8.61. The molecule has 6 nitrogen and oxygen atoms in total. The van der Waals surface area contributed by atoms with Crippen molar-refractivity contribution in [3.8, 4) is 0 Å². The highest BCUT2D eigenvalue weighted by Gasteiger charge is 2.22. The van der Waals surface area contributed by atoms with Crippen molar-refractivity contribution in [1.29, 1.82) is 0 Å². The van der Waals surface area contributed by atoms with Crippen LogP contribution in [0.15, 0.2) is 11.0 Å². The van der Waals surface area contributed by atoms with Gasteiger partial charge in [-0.25, -0.2) is 4.45 Å². The van der Waals surface area contributed by atoms with Crippen LogP contribution in [0, 0.1) is 0 Å². The lowest BCUT2D eigenvalue weighted by molar-refractivity contribution is -0.120. The first-order valence-electron chi connectivity index (χ1n) is 4.79. The molecule has 1 aliphatic rings. The second-order valence-corrected chi connectivity index (χ2v) is 5.86. The number of carbonyl (C=O) groups excluding carboxylic acids is 1. The van der Waals surface area contributed by atoms with Gasteiger partial charge in [0, 0.05) is 13.1 Å². The molecule has 0 aliphatic carbocycles. The molecule has 9 heteroatoms. The van der Waals surface area contributed by atoms with Crippen LogP contribution >= 0.6 is 40.0 Å². The van der Waals surface area contributed by atoms with E-state index in [0.717, 1.165) is 0 Å². The summed E-state index contributed by atoms with van der Waals surface area (Å²) in [6, 6.07) is 0. The van der Waals surface area contributed by atoms with Crippen LogP contribution in [0.5, 0.6) is 0 Å². The maximum atomic E-state index is 12.1. The van der Waals surface area contributed by atoms with Crippen molar-refractivity contribution in [2.24, 2.45) is 0 Å². The van der Waals surface area contributed by atoms with Crippen LogP contribution in [0.4, 0.5) is 5.69 Å². The highest BCUT2D eigenvalue weighted by molar-refractivity contribution is 14.2. The van der Waals surface area contributed by atoms with Crippen molar-refractivity contribution in [2.45, 2.75) is 0 Å². The molecule has 1 saturated heterocycles. The number of piperazine rings is 1. The third-order valence-corrected chi connectivity index (χ3v) is 4.47. The molecule has 1 atom stereocenters. The predicted molar refractivity (Wildman–Crippen MR) is 76.5 cm³/mol. The molecular formula is C8H9ClIN4O2P. The third kappa shape index (κ3) is 2.71. The first kappa shape index (κ1) is 13.0. The number of hydrogen-bond acceptors (Lipinski definition) is 4. The molecule has 92 valence electrons. The molecular weight excluding hydrogens is 377 g/mol. The SMILES string of the molecule is O=C1CN(c2c(Cl)cnn(PI)c2=O)CCN1. The normalized spacial score (nSPS) is 16.6. The number of carbonyl (C=O) groups is 1. The van der Waals surface area contributed by atoms with Gasteiger partial charge >= 0.3 is 0 Å². The van der Waals surface area contributed by atoms with Crippen LogP contribution in [0.1, 0.15) is 0 Å². The summed E-state index contributed by atoms with van der Waals surface area (Å²) in [5, 5.41) is 6.91. The van der Waals surface area contributed by atoms with E-state index in [0.29, 0.717) is 18.8 Å². The van der Waals surface area contributed by atoms with E-state index in [-0.39, 0.29) is 29.4 Å². The van der Waals surface area contributed by atoms with E-state index in [1.807, 2.05) is 0 Å². The number of aromatic nitrogens is 2. The first-order chi connectivity index (χ1) is 8.13. The Morgan fingerprint density at radius 1 is 1.53 bits per heavy atom. The molecule has 0 saturated carbocycles. The molecule has 0 bridgehead atoms. The number of nitrogens with one attached hydrogen (secondary N) is 1. The van der Waals surface area contributed by atoms with Crippen molar-refractivity contribution in [2.75, 3.05) is 24.5 Å². The lowest BCUT2D eigenvalue weighted by atomic mass is 10.3. The van der Waals surface area contributed by atoms with Gasteiger partial charge < -0.3 is 10.2 Å². The minimum Gasteiger partial charge on any atom is -0.355 e. The molecule has 2 heterocycles. The Labute approximate surface area is 117 Å². The highest BCUT2D eigenvalue weighted by Crippen LogP contribution is 2.25. The summed E-state index contributed by atoms with van der Waals surface area (Å²) in [7, 11) is 0. The standard InChI is InChI=1S/C8H9ClIN4O2P/c9-5-3-12-14(17-10)8(16)7(5)13-2-1-11-6(15)4-13/h3,17H,1-2,4H2,(H,11,15). The van der Waals surface area contributed by atoms with Gasteiger partial charge in [0.2, 0.25) is 5.91 Å². The van der Waals surface area contributed by atoms with Crippen molar-refractivity contribution in [3.05, 3.63) is 21.6 Å². The molecule has 1 aromatic rings. The Bertz CT molecular complexity index is 509. The average molecular weight is 387 g/mol. The number of halogens is 2. The van der Waals surface area contributed by atoms with Gasteiger partial charge in [-0.1, -0.05) is 11.6 Å². The second kappa shape index (κ2) is 5.49. The molecule has 2 rings (SSSR count). The van der Waals surface area contributed by atoms with Gasteiger partial charge in [0.15, 0.2) is 0 Å². The quantitative estimate of drug-likeness (QED) is 0.598. The van der Waals surface area contributed by atoms with Crippen molar-refractivity contribution >= 4 is 51.6 Å². The molecule has 1 aromatic heterocycles. The summed E-state index contributed by atoms with van der Waals surface area (Å²) in [6.07, 6.45) is 1.65. The lowest BCUT2D eigenvalue weighted by Gasteiger charge is -2.28. The maximum absolute atomic E-state index is 12.1. The summed E-state index contributed by atoms with van der Waals surface area (Å²) in [4.78, 5) is 25.1. The Morgan fingerprint density at radius 3 is 2.94 bits per heavy atom. The number of amides is 1. The van der Waals surface area contributed by atoms with Gasteiger partial charge in [-0.3, -0.25) is 9.59 Å². The molecule has 1 amide bonds. The van der Waals surface area contributed by atoms with Crippen LogP contribution < -0.4 is 15.8 Å². The molecule has 0 aromatic carbocycles. The van der Waals surface area contributed by atoms with Gasteiger partial charge in [0.05, 0.1) is 24.1 Å². The highest BCUT2D eigenvalue weighted by atomic mass is 127. The monoisotopic (exact) mass is 386 g/mol. The summed E-state index contributed by atoms with van der Waals surface area (Å²) >= 11 is 8.06. The van der Waals surface area contributed by atoms with Gasteiger partial charge in [-0.15, -0.1) is 0 Å². The zero-order valence-corrected chi connectivity index (χ0v) is 12.5. The Kier molecular flexibility index (Phi) is 4.22. The average Bonchev–Trinajstić information content (AvgIpc) is 2.29. The third-order valence-electron chi connectivity index (χ3n) is 2.34. The van der Waals surface area contributed by atoms with E-state index < -0.39 is 0 Å². The fourth-order valence-corrected chi connectivity index (χ4v) is 3.16. The summed E-state index contributed by atoms with van der Waals surface area (Å²) in [5.41, 5.74) is 0.112. The topological polar surface area (TPSA) is 67.2 Å². The predicted octanol–water partition coefficient (Wildman–Crippen LogP) is 0.624. The summed E-state index contributed by atoms with van der Waals surface area (Å²) in [6.45, 7) is 1.25. The van der Waals surface area contributed by atoms with E-state index in [1.54, 1.807) is 4.90 Å². The van der Waals surface area contributed by atoms with E-state index in [4.69, 9.17) is 11.6 Å². The number of nitrogens with zero attached hydrogens (tertiary/aromatic N) is 3. The largest absolute Gasteiger partial charge is 0.355 e. The Morgan fingerprint density at radius 2 is 2.29 bits per heavy atom. The molecule has 1 aliphatic heterocycles. The first-order valence-corrected chi connectivity index (χ1v) is 9.23. The molecule has 0 spiro atoms. The van der Waals surface area contributed by atoms with Gasteiger partial charge in [0.25, 0.3) is 5.56 Å². The maximum Gasteiger partial charge on any atom is 0.295 e. The fourth-order valence-electron chi connectivity index (χ4n) is 1.60. The van der Waals surface area contributed by atoms with Crippen molar-refractivity contribution in [3.63, 3.8) is 0 Å². The molecule has 1 unspecified atom stereocenters. The summed E-state index contributed by atoms with van der Waals surface area (Å²) in [5.74, 6) is -0.105. The van der Waals surface area contributed by atoms with Gasteiger partial charge in [-0.05, 0) is 22.0 Å². The minimum absolute atomic E-state index is 0.105. The number of rotatable bonds is 2. The fraction of sp³-hybridized carbons (Fsp3) is 0.375. The molecule has 1 N–H and O–H groups in total. The second-order valence-electron chi connectivity index (χ2n) is 3.41. The smallest absolute Gasteiger partial charge is 0.295 e. The van der Waals surface area contributed by atoms with Crippen LogP contribution in [0.2, 0.25) is 5.02 Å². The van der Waals surface area contributed by atoms with Crippen LogP contribution in [-0.4, -0.2) is 35.1 Å². The molecule has 17 heavy (non-hydrogen) atoms. The molecule has 1 fully saturated rings. The van der Waals surface area contributed by atoms with E-state index in [9.17, 15) is 9.59 Å². The minimum atomic E-state index is -0.250. The zero-order chi connectivity index (χ0) is 12.4. The lowest BCUT2D eigenvalue weighted by Crippen LogP contribution is -2.49. The van der Waals surface area contributed by atoms with Gasteiger partial charge in [0.1, 0.15) is 5.69 Å². The van der Waals surface area contributed by atoms with Crippen molar-refractivity contribution in [1.82, 2.24) is 14.9 Å². The van der Waals surface area contributed by atoms with Crippen LogP contribution in [0.3, 0.4) is 0 Å². The number of hydrogen-bond donors (Lipinski definition) is 1. The summed E-state index contributed by atoms with van der Waals surface area (Å²) < 4.78 is 1.34. The Balaban J connectivity index is 2.43. The van der Waals surface area contributed by atoms with Crippen LogP contribution in [0.25, 0.3) is 0 Å². The molecule has 0 radical (unpaired) electrons. The van der Waals surface area contributed by atoms with E-state index in [1.165, 1.54) is 10.6 Å². The van der Waals surface area contributed by atoms with Crippen molar-refractivity contribution < 1.29 is 4.79 Å².